The lowest BCUT2D eigenvalue weighted by Crippen LogP contribution is -2.45. The van der Waals surface area contributed by atoms with E-state index in [2.05, 4.69) is 12.1 Å². The smallest absolute Gasteiger partial charge is 0.222 e. The Kier molecular flexibility index (Phi) is 4.97. The Morgan fingerprint density at radius 2 is 1.81 bits per heavy atom. The molecule has 27 heavy (non-hydrogen) atoms. The van der Waals surface area contributed by atoms with E-state index in [0.29, 0.717) is 37.2 Å². The van der Waals surface area contributed by atoms with Crippen LogP contribution in [0.4, 0.5) is 0 Å². The predicted molar refractivity (Wildman–Crippen MR) is 104 cm³/mol. The molecule has 0 aromatic heterocycles. The molecule has 2 aromatic rings. The Hall–Kier alpha value is -2.62. The summed E-state index contributed by atoms with van der Waals surface area (Å²) in [6.07, 6.45) is 4.56. The maximum Gasteiger partial charge on any atom is 0.222 e. The minimum atomic E-state index is -0.537. The van der Waals surface area contributed by atoms with Crippen molar-refractivity contribution >= 4 is 11.7 Å². The molecule has 140 valence electrons. The number of ether oxygens (including phenoxy) is 1. The van der Waals surface area contributed by atoms with Crippen LogP contribution in [-0.2, 0) is 11.2 Å². The molecule has 0 radical (unpaired) electrons. The number of likely N-dealkylation sites (tertiary alicyclic amines) is 1. The van der Waals surface area contributed by atoms with Crippen LogP contribution in [0.15, 0.2) is 54.6 Å². The summed E-state index contributed by atoms with van der Waals surface area (Å²) in [4.78, 5) is 27.0. The average Bonchev–Trinajstić information content (AvgIpc) is 3.09. The van der Waals surface area contributed by atoms with E-state index in [-0.39, 0.29) is 11.7 Å². The fraction of sp³-hybridized carbons (Fsp3) is 0.391. The summed E-state index contributed by atoms with van der Waals surface area (Å²) in [6.45, 7) is 1.19. The molecule has 2 aromatic carbocycles. The molecule has 1 amide bonds. The number of fused-ring (bicyclic) bond motifs is 1. The van der Waals surface area contributed by atoms with Gasteiger partial charge in [-0.2, -0.15) is 0 Å². The first-order valence-corrected chi connectivity index (χ1v) is 9.78. The number of carbonyl (C=O) groups is 2. The lowest BCUT2D eigenvalue weighted by Gasteiger charge is -2.34. The molecule has 0 saturated carbocycles. The third kappa shape index (κ3) is 3.90. The van der Waals surface area contributed by atoms with Crippen LogP contribution in [0.25, 0.3) is 0 Å². The molecule has 2 aliphatic heterocycles. The third-order valence-corrected chi connectivity index (χ3v) is 5.61. The van der Waals surface area contributed by atoms with E-state index in [0.717, 1.165) is 25.7 Å². The van der Waals surface area contributed by atoms with Crippen molar-refractivity contribution in [1.82, 2.24) is 4.90 Å². The lowest BCUT2D eigenvalue weighted by atomic mass is 9.89. The number of hydrogen-bond acceptors (Lipinski definition) is 3. The maximum atomic E-state index is 12.6. The SMILES string of the molecule is O=C1CC2(CCN(C(=O)CCCCc3ccccc3)C2)Oc2ccccc21. The van der Waals surface area contributed by atoms with Crippen LogP contribution in [0, 0.1) is 0 Å². The van der Waals surface area contributed by atoms with Gasteiger partial charge in [0, 0.05) is 19.4 Å². The normalized spacial score (nSPS) is 21.2. The molecule has 0 N–H and O–H groups in total. The summed E-state index contributed by atoms with van der Waals surface area (Å²) < 4.78 is 6.20. The van der Waals surface area contributed by atoms with Crippen molar-refractivity contribution in [2.75, 3.05) is 13.1 Å². The average molecular weight is 363 g/mol. The predicted octanol–water partition coefficient (Wildman–Crippen LogP) is 4.04. The largest absolute Gasteiger partial charge is 0.484 e. The van der Waals surface area contributed by atoms with Crippen molar-refractivity contribution in [3.05, 3.63) is 65.7 Å². The second-order valence-corrected chi connectivity index (χ2v) is 7.64. The summed E-state index contributed by atoms with van der Waals surface area (Å²) in [6, 6.07) is 17.8. The number of amides is 1. The van der Waals surface area contributed by atoms with E-state index in [9.17, 15) is 9.59 Å². The van der Waals surface area contributed by atoms with Crippen LogP contribution in [0.1, 0.15) is 48.0 Å². The Morgan fingerprint density at radius 1 is 1.04 bits per heavy atom. The quantitative estimate of drug-likeness (QED) is 0.754. The molecule has 1 fully saturated rings. The van der Waals surface area contributed by atoms with Crippen molar-refractivity contribution in [1.29, 1.82) is 0 Å². The topological polar surface area (TPSA) is 46.6 Å². The molecule has 2 aliphatic rings. The Bertz CT molecular complexity index is 833. The van der Waals surface area contributed by atoms with Gasteiger partial charge in [0.2, 0.25) is 5.91 Å². The highest BCUT2D eigenvalue weighted by Gasteiger charge is 2.46. The number of ketones is 1. The first-order chi connectivity index (χ1) is 13.2. The molecule has 1 unspecified atom stereocenters. The first-order valence-electron chi connectivity index (χ1n) is 9.78. The van der Waals surface area contributed by atoms with Gasteiger partial charge in [-0.3, -0.25) is 9.59 Å². The molecular formula is C23H25NO3. The van der Waals surface area contributed by atoms with E-state index < -0.39 is 5.60 Å². The second kappa shape index (κ2) is 7.55. The molecule has 1 spiro atoms. The molecule has 2 heterocycles. The number of aryl methyl sites for hydroxylation is 1. The summed E-state index contributed by atoms with van der Waals surface area (Å²) in [5.74, 6) is 0.953. The number of Topliss-reactive ketones (excluding diaryl/α,β-unsaturated/α-hetero) is 1. The zero-order valence-electron chi connectivity index (χ0n) is 15.5. The fourth-order valence-electron chi connectivity index (χ4n) is 4.14. The van der Waals surface area contributed by atoms with Crippen molar-refractivity contribution < 1.29 is 14.3 Å². The Balaban J connectivity index is 1.29. The number of hydrogen-bond donors (Lipinski definition) is 0. The Labute approximate surface area is 160 Å². The highest BCUT2D eigenvalue weighted by molar-refractivity contribution is 6.00. The summed E-state index contributed by atoms with van der Waals surface area (Å²) >= 11 is 0. The number of para-hydroxylation sites is 1. The molecule has 4 nitrogen and oxygen atoms in total. The highest BCUT2D eigenvalue weighted by Crippen LogP contribution is 2.38. The molecule has 0 aliphatic carbocycles. The molecule has 4 heteroatoms. The van der Waals surface area contributed by atoms with E-state index in [4.69, 9.17) is 4.74 Å². The van der Waals surface area contributed by atoms with Crippen LogP contribution in [-0.4, -0.2) is 35.3 Å². The van der Waals surface area contributed by atoms with E-state index in [1.807, 2.05) is 47.4 Å². The van der Waals surface area contributed by atoms with Gasteiger partial charge in [0.15, 0.2) is 5.78 Å². The number of carbonyl (C=O) groups excluding carboxylic acids is 2. The summed E-state index contributed by atoms with van der Waals surface area (Å²) in [5, 5.41) is 0. The van der Waals surface area contributed by atoms with Gasteiger partial charge in [0.25, 0.3) is 0 Å². The van der Waals surface area contributed by atoms with Gasteiger partial charge in [-0.15, -0.1) is 0 Å². The van der Waals surface area contributed by atoms with Crippen molar-refractivity contribution in [3.8, 4) is 5.75 Å². The fourth-order valence-corrected chi connectivity index (χ4v) is 4.14. The number of rotatable bonds is 5. The van der Waals surface area contributed by atoms with Gasteiger partial charge in [-0.25, -0.2) is 0 Å². The maximum absolute atomic E-state index is 12.6. The van der Waals surface area contributed by atoms with Crippen LogP contribution in [0.2, 0.25) is 0 Å². The van der Waals surface area contributed by atoms with Crippen LogP contribution in [0.5, 0.6) is 5.75 Å². The summed E-state index contributed by atoms with van der Waals surface area (Å²) in [5.41, 5.74) is 1.44. The zero-order valence-corrected chi connectivity index (χ0v) is 15.5. The first kappa shape index (κ1) is 17.8. The molecule has 1 saturated heterocycles. The number of benzene rings is 2. The third-order valence-electron chi connectivity index (χ3n) is 5.61. The van der Waals surface area contributed by atoms with Crippen molar-refractivity contribution in [2.45, 2.75) is 44.1 Å². The van der Waals surface area contributed by atoms with Gasteiger partial charge in [0.1, 0.15) is 11.4 Å². The second-order valence-electron chi connectivity index (χ2n) is 7.64. The van der Waals surface area contributed by atoms with Gasteiger partial charge >= 0.3 is 0 Å². The van der Waals surface area contributed by atoms with Gasteiger partial charge < -0.3 is 9.64 Å². The monoisotopic (exact) mass is 363 g/mol. The van der Waals surface area contributed by atoms with E-state index >= 15 is 0 Å². The molecular weight excluding hydrogens is 338 g/mol. The minimum Gasteiger partial charge on any atom is -0.484 e. The lowest BCUT2D eigenvalue weighted by molar-refractivity contribution is -0.131. The molecule has 0 bridgehead atoms. The van der Waals surface area contributed by atoms with E-state index in [1.165, 1.54) is 5.56 Å². The Morgan fingerprint density at radius 3 is 2.67 bits per heavy atom. The van der Waals surface area contributed by atoms with Gasteiger partial charge in [-0.1, -0.05) is 42.5 Å². The van der Waals surface area contributed by atoms with Crippen LogP contribution < -0.4 is 4.74 Å². The minimum absolute atomic E-state index is 0.119. The zero-order chi connectivity index (χ0) is 18.7. The molecule has 4 rings (SSSR count). The van der Waals surface area contributed by atoms with Crippen LogP contribution >= 0.6 is 0 Å². The van der Waals surface area contributed by atoms with Gasteiger partial charge in [0.05, 0.1) is 18.5 Å². The van der Waals surface area contributed by atoms with Crippen LogP contribution in [0.3, 0.4) is 0 Å². The number of unbranched alkanes of at least 4 members (excludes halogenated alkanes) is 1. The highest BCUT2D eigenvalue weighted by atomic mass is 16.5. The van der Waals surface area contributed by atoms with E-state index in [1.54, 1.807) is 0 Å². The van der Waals surface area contributed by atoms with Crippen molar-refractivity contribution in [2.24, 2.45) is 0 Å². The van der Waals surface area contributed by atoms with Gasteiger partial charge in [-0.05, 0) is 37.0 Å². The molecule has 1 atom stereocenters. The standard InChI is InChI=1S/C23H25NO3/c25-20-16-23(27-21-12-6-5-11-19(20)21)14-15-24(17-23)22(26)13-7-4-10-18-8-2-1-3-9-18/h1-3,5-6,8-9,11-12H,4,7,10,13-17H2. The summed E-state index contributed by atoms with van der Waals surface area (Å²) in [7, 11) is 0. The number of nitrogens with zero attached hydrogens (tertiary/aromatic N) is 1. The van der Waals surface area contributed by atoms with Crippen molar-refractivity contribution in [3.63, 3.8) is 0 Å².